The Morgan fingerprint density at radius 1 is 1.24 bits per heavy atom. The second-order valence-corrected chi connectivity index (χ2v) is 5.05. The van der Waals surface area contributed by atoms with Crippen molar-refractivity contribution in [2.24, 2.45) is 0 Å². The Morgan fingerprint density at radius 3 is 2.48 bits per heavy atom. The van der Waals surface area contributed by atoms with Crippen LogP contribution in [0, 0.1) is 5.82 Å². The molecule has 3 nitrogen and oxygen atoms in total. The van der Waals surface area contributed by atoms with Gasteiger partial charge in [-0.3, -0.25) is 4.79 Å². The Kier molecular flexibility index (Phi) is 4.48. The molecule has 0 aliphatic carbocycles. The van der Waals surface area contributed by atoms with Crippen LogP contribution in [0.3, 0.4) is 0 Å². The Morgan fingerprint density at radius 2 is 1.90 bits per heavy atom. The molecule has 0 saturated heterocycles. The van der Waals surface area contributed by atoms with Crippen molar-refractivity contribution in [2.45, 2.75) is 12.8 Å². The number of carboxylic acid groups (broad SMARTS) is 1. The highest BCUT2D eigenvalue weighted by molar-refractivity contribution is 6.33. The number of halogens is 2. The van der Waals surface area contributed by atoms with Crippen LogP contribution in [0.15, 0.2) is 36.4 Å². The van der Waals surface area contributed by atoms with Crippen LogP contribution in [0.1, 0.15) is 18.4 Å². The molecule has 0 amide bonds. The van der Waals surface area contributed by atoms with Gasteiger partial charge in [0.1, 0.15) is 11.6 Å². The second-order valence-electron chi connectivity index (χ2n) is 4.64. The van der Waals surface area contributed by atoms with Gasteiger partial charge in [0.05, 0.1) is 18.1 Å². The van der Waals surface area contributed by atoms with Crippen molar-refractivity contribution in [1.82, 2.24) is 0 Å². The zero-order chi connectivity index (χ0) is 15.6. The molecule has 0 aliphatic heterocycles. The summed E-state index contributed by atoms with van der Waals surface area (Å²) in [5.74, 6) is -1.48. The minimum atomic E-state index is -0.912. The van der Waals surface area contributed by atoms with E-state index in [0.717, 1.165) is 0 Å². The van der Waals surface area contributed by atoms with E-state index in [0.29, 0.717) is 22.4 Å². The molecule has 0 saturated carbocycles. The lowest BCUT2D eigenvalue weighted by atomic mass is 9.96. The molecule has 1 unspecified atom stereocenters. The highest BCUT2D eigenvalue weighted by atomic mass is 35.5. The molecule has 0 radical (unpaired) electrons. The van der Waals surface area contributed by atoms with Crippen LogP contribution < -0.4 is 4.74 Å². The SMILES string of the molecule is COc1cc(C(C)C(=O)O)ccc1-c1ccc(F)cc1Cl. The summed E-state index contributed by atoms with van der Waals surface area (Å²) in [6.07, 6.45) is 0. The van der Waals surface area contributed by atoms with Crippen LogP contribution in [0.25, 0.3) is 11.1 Å². The quantitative estimate of drug-likeness (QED) is 0.913. The van der Waals surface area contributed by atoms with Crippen LogP contribution in [0.4, 0.5) is 4.39 Å². The molecule has 1 atom stereocenters. The third-order valence-electron chi connectivity index (χ3n) is 3.32. The van der Waals surface area contributed by atoms with Gasteiger partial charge >= 0.3 is 5.97 Å². The predicted molar refractivity (Wildman–Crippen MR) is 79.4 cm³/mol. The number of rotatable bonds is 4. The van der Waals surface area contributed by atoms with Gasteiger partial charge in [-0.15, -0.1) is 0 Å². The highest BCUT2D eigenvalue weighted by Crippen LogP contribution is 2.37. The number of ether oxygens (including phenoxy) is 1. The molecule has 0 heterocycles. The Labute approximate surface area is 126 Å². The third kappa shape index (κ3) is 3.16. The molecule has 1 N–H and O–H groups in total. The van der Waals surface area contributed by atoms with E-state index in [-0.39, 0.29) is 5.02 Å². The maximum atomic E-state index is 13.1. The maximum absolute atomic E-state index is 13.1. The Balaban J connectivity index is 2.52. The minimum Gasteiger partial charge on any atom is -0.496 e. The molecule has 5 heteroatoms. The average molecular weight is 309 g/mol. The summed E-state index contributed by atoms with van der Waals surface area (Å²) >= 11 is 6.06. The number of carboxylic acids is 1. The number of benzene rings is 2. The fourth-order valence-corrected chi connectivity index (χ4v) is 2.32. The zero-order valence-corrected chi connectivity index (χ0v) is 12.3. The fraction of sp³-hybridized carbons (Fsp3) is 0.188. The second kappa shape index (κ2) is 6.14. The fourth-order valence-electron chi connectivity index (χ4n) is 2.05. The van der Waals surface area contributed by atoms with Crippen molar-refractivity contribution >= 4 is 17.6 Å². The molecule has 2 aromatic rings. The van der Waals surface area contributed by atoms with Crippen LogP contribution >= 0.6 is 11.6 Å². The number of aliphatic carboxylic acids is 1. The van der Waals surface area contributed by atoms with E-state index in [4.69, 9.17) is 21.4 Å². The first-order valence-corrected chi connectivity index (χ1v) is 6.68. The summed E-state index contributed by atoms with van der Waals surface area (Å²) in [7, 11) is 1.49. The molecular weight excluding hydrogens is 295 g/mol. The minimum absolute atomic E-state index is 0.271. The van der Waals surface area contributed by atoms with Gasteiger partial charge in [-0.2, -0.15) is 0 Å². The lowest BCUT2D eigenvalue weighted by Crippen LogP contribution is -2.07. The van der Waals surface area contributed by atoms with Crippen molar-refractivity contribution in [3.63, 3.8) is 0 Å². The van der Waals surface area contributed by atoms with Crippen molar-refractivity contribution < 1.29 is 19.0 Å². The van der Waals surface area contributed by atoms with E-state index in [1.54, 1.807) is 31.2 Å². The van der Waals surface area contributed by atoms with Gasteiger partial charge in [0.15, 0.2) is 0 Å². The van der Waals surface area contributed by atoms with Gasteiger partial charge in [-0.25, -0.2) is 4.39 Å². The topological polar surface area (TPSA) is 46.5 Å². The van der Waals surface area contributed by atoms with Crippen molar-refractivity contribution in [2.75, 3.05) is 7.11 Å². The molecule has 0 aliphatic rings. The van der Waals surface area contributed by atoms with Gasteiger partial charge in [-0.05, 0) is 36.8 Å². The van der Waals surface area contributed by atoms with Gasteiger partial charge < -0.3 is 9.84 Å². The van der Waals surface area contributed by atoms with Crippen molar-refractivity contribution in [3.8, 4) is 16.9 Å². The van der Waals surface area contributed by atoms with E-state index in [1.165, 1.54) is 19.2 Å². The summed E-state index contributed by atoms with van der Waals surface area (Å²) in [6, 6.07) is 9.20. The molecule has 0 spiro atoms. The van der Waals surface area contributed by atoms with Gasteiger partial charge in [0.25, 0.3) is 0 Å². The van der Waals surface area contributed by atoms with Crippen LogP contribution in [0.2, 0.25) is 5.02 Å². The smallest absolute Gasteiger partial charge is 0.310 e. The largest absolute Gasteiger partial charge is 0.496 e. The number of carbonyl (C=O) groups is 1. The van der Waals surface area contributed by atoms with E-state index in [1.807, 2.05) is 0 Å². The molecule has 2 aromatic carbocycles. The normalized spacial score (nSPS) is 12.0. The molecule has 21 heavy (non-hydrogen) atoms. The number of methoxy groups -OCH3 is 1. The van der Waals surface area contributed by atoms with Crippen LogP contribution in [-0.4, -0.2) is 18.2 Å². The Bertz CT molecular complexity index is 685. The van der Waals surface area contributed by atoms with Gasteiger partial charge in [-0.1, -0.05) is 23.7 Å². The lowest BCUT2D eigenvalue weighted by molar-refractivity contribution is -0.138. The van der Waals surface area contributed by atoms with Crippen LogP contribution in [0.5, 0.6) is 5.75 Å². The molecule has 0 fully saturated rings. The first kappa shape index (κ1) is 15.3. The monoisotopic (exact) mass is 308 g/mol. The van der Waals surface area contributed by atoms with Crippen LogP contribution in [-0.2, 0) is 4.79 Å². The number of hydrogen-bond acceptors (Lipinski definition) is 2. The van der Waals surface area contributed by atoms with E-state index in [9.17, 15) is 9.18 Å². The third-order valence-corrected chi connectivity index (χ3v) is 3.63. The lowest BCUT2D eigenvalue weighted by Gasteiger charge is -2.14. The van der Waals surface area contributed by atoms with Crippen molar-refractivity contribution in [1.29, 1.82) is 0 Å². The summed E-state index contributed by atoms with van der Waals surface area (Å²) in [5, 5.41) is 9.33. The van der Waals surface area contributed by atoms with Gasteiger partial charge in [0.2, 0.25) is 0 Å². The van der Waals surface area contributed by atoms with Crippen molar-refractivity contribution in [3.05, 3.63) is 52.8 Å². The van der Waals surface area contributed by atoms with E-state index in [2.05, 4.69) is 0 Å². The standard InChI is InChI=1S/C16H14ClFO3/c1-9(16(19)20)10-3-5-13(15(7-10)21-2)12-6-4-11(18)8-14(12)17/h3-9H,1-2H3,(H,19,20). The first-order valence-electron chi connectivity index (χ1n) is 6.30. The molecule has 0 bridgehead atoms. The molecule has 110 valence electrons. The maximum Gasteiger partial charge on any atom is 0.310 e. The summed E-state index contributed by atoms with van der Waals surface area (Å²) in [5.41, 5.74) is 1.94. The summed E-state index contributed by atoms with van der Waals surface area (Å²) < 4.78 is 18.4. The Hall–Kier alpha value is -2.07. The summed E-state index contributed by atoms with van der Waals surface area (Å²) in [6.45, 7) is 1.60. The first-order chi connectivity index (χ1) is 9.93. The van der Waals surface area contributed by atoms with E-state index >= 15 is 0 Å². The highest BCUT2D eigenvalue weighted by Gasteiger charge is 2.17. The summed E-state index contributed by atoms with van der Waals surface area (Å²) in [4.78, 5) is 11.0. The average Bonchev–Trinajstić information content (AvgIpc) is 2.46. The molecule has 2 rings (SSSR count). The number of hydrogen-bond donors (Lipinski definition) is 1. The zero-order valence-electron chi connectivity index (χ0n) is 11.6. The van der Waals surface area contributed by atoms with E-state index < -0.39 is 17.7 Å². The predicted octanol–water partition coefficient (Wildman–Crippen LogP) is 4.34. The van der Waals surface area contributed by atoms with Gasteiger partial charge in [0, 0.05) is 11.1 Å². The molecular formula is C16H14ClFO3. The molecule has 0 aromatic heterocycles.